The standard InChI is InChI=1S/C28H22ClN7O10S2.3Na/c1-36(28-32-26(29)31-27(33-28)30-20-10-8-18(46-2)13-21(20)47(40,41)42)17-7-9-19-15(11-17)12-22(48(43,44)45)23(24(19)37)35-34-16-5-3-14(4-6-16)25(38)39;;;/h3-13,34H,1-2H3,(H,38,39)(H,40,41,42)(H,43,44,45)(H,30,31,32,33);;;/q;3*+1/p-3/b35-23+;;;. The van der Waals surface area contributed by atoms with Crippen LogP contribution in [0.3, 0.4) is 0 Å². The minimum absolute atomic E-state index is 0. The maximum absolute atomic E-state index is 13.3. The SMILES string of the molecule is COc1ccc(Nc2nc(Cl)nc(N(C)c3ccc4c(c3)C=C(S(=O)(=O)[O-])/C(=N\Nc3ccc(C(=O)[O-])cc3)C4=O)n2)c(S(=O)(=O)[O-])c1.[Na+].[Na+].[Na+]. The van der Waals surface area contributed by atoms with Gasteiger partial charge in [-0.25, -0.2) is 16.8 Å². The summed E-state index contributed by atoms with van der Waals surface area (Å²) in [6.07, 6.45) is 0.970. The van der Waals surface area contributed by atoms with E-state index < -0.39 is 47.5 Å². The number of fused-ring (bicyclic) bond motifs is 1. The number of carbonyl (C=O) groups is 2. The maximum Gasteiger partial charge on any atom is 1.00 e. The molecule has 17 nitrogen and oxygen atoms in total. The molecule has 0 bridgehead atoms. The summed E-state index contributed by atoms with van der Waals surface area (Å²) < 4.78 is 77.1. The Kier molecular flexibility index (Phi) is 15.8. The Morgan fingerprint density at radius 2 is 1.59 bits per heavy atom. The first-order chi connectivity index (χ1) is 22.5. The molecule has 0 fully saturated rings. The third-order valence-corrected chi connectivity index (χ3v) is 8.59. The molecule has 1 heterocycles. The summed E-state index contributed by atoms with van der Waals surface area (Å²) in [5.74, 6) is -2.56. The van der Waals surface area contributed by atoms with Crippen molar-refractivity contribution >= 4 is 84.3 Å². The van der Waals surface area contributed by atoms with Crippen molar-refractivity contribution in [2.24, 2.45) is 5.10 Å². The van der Waals surface area contributed by atoms with Crippen LogP contribution < -0.4 is 114 Å². The second-order valence-corrected chi connectivity index (χ2v) is 12.8. The van der Waals surface area contributed by atoms with Crippen LogP contribution in [0.25, 0.3) is 6.08 Å². The van der Waals surface area contributed by atoms with Crippen LogP contribution in [0.2, 0.25) is 5.28 Å². The maximum atomic E-state index is 13.3. The van der Waals surface area contributed by atoms with Gasteiger partial charge in [0.1, 0.15) is 31.7 Å². The van der Waals surface area contributed by atoms with E-state index in [2.05, 4.69) is 30.8 Å². The summed E-state index contributed by atoms with van der Waals surface area (Å²) >= 11 is 6.11. The molecule has 4 aromatic rings. The van der Waals surface area contributed by atoms with Crippen LogP contribution in [0, 0.1) is 0 Å². The first kappa shape index (κ1) is 44.7. The van der Waals surface area contributed by atoms with E-state index in [0.29, 0.717) is 0 Å². The van der Waals surface area contributed by atoms with Crippen molar-refractivity contribution in [2.45, 2.75) is 4.90 Å². The van der Waals surface area contributed by atoms with Crippen molar-refractivity contribution in [3.8, 4) is 5.75 Å². The molecule has 1 aromatic heterocycles. The Morgan fingerprint density at radius 1 is 0.922 bits per heavy atom. The van der Waals surface area contributed by atoms with E-state index >= 15 is 0 Å². The Hall–Kier alpha value is -2.47. The van der Waals surface area contributed by atoms with Gasteiger partial charge in [-0.15, -0.1) is 0 Å². The number of ether oxygens (including phenoxy) is 1. The third-order valence-electron chi connectivity index (χ3n) is 6.69. The number of ketones is 1. The van der Waals surface area contributed by atoms with E-state index in [4.69, 9.17) is 16.3 Å². The van der Waals surface area contributed by atoms with Crippen molar-refractivity contribution < 1.29 is 134 Å². The molecule has 2 N–H and O–H groups in total. The van der Waals surface area contributed by atoms with Crippen molar-refractivity contribution in [3.05, 3.63) is 87.5 Å². The number of carboxylic acid groups (broad SMARTS) is 1. The number of hydrogen-bond donors (Lipinski definition) is 2. The van der Waals surface area contributed by atoms with Crippen molar-refractivity contribution in [1.82, 2.24) is 15.0 Å². The van der Waals surface area contributed by atoms with Crippen molar-refractivity contribution in [1.29, 1.82) is 0 Å². The number of anilines is 5. The molecule has 51 heavy (non-hydrogen) atoms. The van der Waals surface area contributed by atoms with Gasteiger partial charge in [-0.3, -0.25) is 10.2 Å². The number of methoxy groups -OCH3 is 1. The van der Waals surface area contributed by atoms with Gasteiger partial charge in [0.2, 0.25) is 23.0 Å². The van der Waals surface area contributed by atoms with Crippen LogP contribution in [0.5, 0.6) is 5.75 Å². The van der Waals surface area contributed by atoms with Crippen LogP contribution in [-0.4, -0.2) is 72.5 Å². The van der Waals surface area contributed by atoms with Crippen LogP contribution >= 0.6 is 11.6 Å². The number of nitrogens with zero attached hydrogens (tertiary/aromatic N) is 5. The van der Waals surface area contributed by atoms with Gasteiger partial charge in [-0.1, -0.05) is 12.1 Å². The molecule has 248 valence electrons. The molecule has 23 heteroatoms. The number of nitrogens with one attached hydrogen (secondary N) is 2. The minimum Gasteiger partial charge on any atom is -0.744 e. The van der Waals surface area contributed by atoms with Crippen LogP contribution in [0.1, 0.15) is 26.3 Å². The van der Waals surface area contributed by atoms with Gasteiger partial charge in [0.05, 0.1) is 34.3 Å². The summed E-state index contributed by atoms with van der Waals surface area (Å²) in [6.45, 7) is 0. The molecule has 0 saturated carbocycles. The number of carbonyl (C=O) groups excluding carboxylic acids is 2. The first-order valence-electron chi connectivity index (χ1n) is 13.1. The molecule has 1 aliphatic carbocycles. The van der Waals surface area contributed by atoms with E-state index in [-0.39, 0.29) is 145 Å². The quantitative estimate of drug-likeness (QED) is 0.0861. The van der Waals surface area contributed by atoms with Crippen LogP contribution in [0.4, 0.5) is 29.0 Å². The molecule has 0 radical (unpaired) electrons. The van der Waals surface area contributed by atoms with Gasteiger partial charge in [0.25, 0.3) is 0 Å². The molecule has 0 saturated heterocycles. The minimum atomic E-state index is -5.23. The average Bonchev–Trinajstić information content (AvgIpc) is 3.02. The summed E-state index contributed by atoms with van der Waals surface area (Å²) in [5.41, 5.74) is 1.95. The summed E-state index contributed by atoms with van der Waals surface area (Å²) in [5, 5.41) is 17.1. The van der Waals surface area contributed by atoms with E-state index in [1.165, 1.54) is 73.7 Å². The van der Waals surface area contributed by atoms with Gasteiger partial charge < -0.3 is 34.0 Å². The Bertz CT molecular complexity index is 2280. The van der Waals surface area contributed by atoms with Gasteiger partial charge in [-0.05, 0) is 77.3 Å². The third kappa shape index (κ3) is 10.6. The number of aromatic nitrogens is 3. The summed E-state index contributed by atoms with van der Waals surface area (Å²) in [6, 6.07) is 12.8. The number of rotatable bonds is 10. The topological polar surface area (TPSA) is 259 Å². The van der Waals surface area contributed by atoms with Gasteiger partial charge in [0.15, 0.2) is 0 Å². The second-order valence-electron chi connectivity index (χ2n) is 9.73. The molecule has 3 aromatic carbocycles. The molecule has 1 aliphatic rings. The first-order valence-corrected chi connectivity index (χ1v) is 16.3. The zero-order valence-electron chi connectivity index (χ0n) is 27.4. The Labute approximate surface area is 362 Å². The van der Waals surface area contributed by atoms with Gasteiger partial charge in [0, 0.05) is 18.3 Å². The molecular formula is C28H19ClN7Na3O10S2. The predicted octanol–water partition coefficient (Wildman–Crippen LogP) is -7.12. The van der Waals surface area contributed by atoms with E-state index in [1.54, 1.807) is 0 Å². The number of allylic oxidation sites excluding steroid dienone is 1. The number of halogens is 1. The Balaban J connectivity index is 0.00000300. The van der Waals surface area contributed by atoms with Gasteiger partial charge in [-0.2, -0.15) is 20.1 Å². The van der Waals surface area contributed by atoms with Crippen LogP contribution in [0.15, 0.2) is 75.6 Å². The van der Waals surface area contributed by atoms with Crippen molar-refractivity contribution in [3.63, 3.8) is 0 Å². The fourth-order valence-electron chi connectivity index (χ4n) is 4.35. The molecule has 0 aliphatic heterocycles. The normalized spacial score (nSPS) is 13.0. The zero-order chi connectivity index (χ0) is 35.0. The average molecular weight is 782 g/mol. The second kappa shape index (κ2) is 18.0. The largest absolute Gasteiger partial charge is 1.00 e. The summed E-state index contributed by atoms with van der Waals surface area (Å²) in [4.78, 5) is 36.3. The molecule has 0 unspecified atom stereocenters. The smallest absolute Gasteiger partial charge is 0.744 e. The van der Waals surface area contributed by atoms with Gasteiger partial charge >= 0.3 is 88.7 Å². The fraction of sp³-hybridized carbons (Fsp3) is 0.0714. The number of benzene rings is 3. The number of Topliss-reactive ketones (excluding diaryl/α,β-unsaturated/α-hetero) is 1. The molecule has 0 atom stereocenters. The molecule has 0 amide bonds. The number of carboxylic acids is 1. The number of aromatic carboxylic acids is 1. The Morgan fingerprint density at radius 3 is 2.18 bits per heavy atom. The predicted molar refractivity (Wildman–Crippen MR) is 167 cm³/mol. The fourth-order valence-corrected chi connectivity index (χ4v) is 5.80. The summed E-state index contributed by atoms with van der Waals surface area (Å²) in [7, 11) is -7.41. The monoisotopic (exact) mass is 781 g/mol. The van der Waals surface area contributed by atoms with E-state index in [0.717, 1.165) is 12.1 Å². The molecular weight excluding hydrogens is 763 g/mol. The zero-order valence-corrected chi connectivity index (χ0v) is 35.8. The van der Waals surface area contributed by atoms with E-state index in [1.807, 2.05) is 0 Å². The number of hydrazone groups is 1. The van der Waals surface area contributed by atoms with E-state index in [9.17, 15) is 40.6 Å². The van der Waals surface area contributed by atoms with Crippen LogP contribution in [-0.2, 0) is 20.2 Å². The molecule has 0 spiro atoms. The molecule has 5 rings (SSSR count). The van der Waals surface area contributed by atoms with Crippen molar-refractivity contribution in [2.75, 3.05) is 29.8 Å². The number of hydrogen-bond acceptors (Lipinski definition) is 17.